The molecule has 1 aliphatic rings. The van der Waals surface area contributed by atoms with Crippen LogP contribution in [0, 0.1) is 5.92 Å². The summed E-state index contributed by atoms with van der Waals surface area (Å²) in [5, 5.41) is 5.46. The van der Waals surface area contributed by atoms with Gasteiger partial charge in [-0.15, -0.1) is 0 Å². The smallest absolute Gasteiger partial charge is 0.326 e. The van der Waals surface area contributed by atoms with E-state index in [1.807, 2.05) is 0 Å². The largest absolute Gasteiger partial charge is 0.446 e. The lowest BCUT2D eigenvalue weighted by molar-refractivity contribution is -0.117. The molecule has 2 amide bonds. The summed E-state index contributed by atoms with van der Waals surface area (Å²) in [6, 6.07) is 11.8. The standard InChI is InChI=1S/C18H15F3N2O2S/c19-18(20,21)26-15-9-3-12(4-10-15)17(25)23-14-7-5-13(6-8-14)22-16(24)11-1-2-11/h3-11H,1-2H2,(H,22,24)(H,23,25). The van der Waals surface area contributed by atoms with E-state index >= 15 is 0 Å². The van der Waals surface area contributed by atoms with Crippen molar-refractivity contribution < 1.29 is 22.8 Å². The molecular formula is C18H15F3N2O2S. The Hall–Kier alpha value is -2.48. The van der Waals surface area contributed by atoms with E-state index in [1.54, 1.807) is 24.3 Å². The molecule has 0 atom stereocenters. The van der Waals surface area contributed by atoms with Crippen molar-refractivity contribution in [3.05, 3.63) is 54.1 Å². The highest BCUT2D eigenvalue weighted by Gasteiger charge is 2.30. The van der Waals surface area contributed by atoms with E-state index in [0.717, 1.165) is 12.8 Å². The van der Waals surface area contributed by atoms with E-state index in [-0.39, 0.29) is 34.0 Å². The summed E-state index contributed by atoms with van der Waals surface area (Å²) in [5.74, 6) is -0.324. The zero-order chi connectivity index (χ0) is 18.7. The molecule has 2 aromatic rings. The molecule has 26 heavy (non-hydrogen) atoms. The fraction of sp³-hybridized carbons (Fsp3) is 0.222. The van der Waals surface area contributed by atoms with E-state index in [4.69, 9.17) is 0 Å². The van der Waals surface area contributed by atoms with Crippen LogP contribution in [0.5, 0.6) is 0 Å². The number of hydrogen-bond donors (Lipinski definition) is 2. The van der Waals surface area contributed by atoms with Gasteiger partial charge in [-0.1, -0.05) is 0 Å². The molecule has 0 bridgehead atoms. The summed E-state index contributed by atoms with van der Waals surface area (Å²) in [5.41, 5.74) is -2.94. The van der Waals surface area contributed by atoms with Crippen molar-refractivity contribution in [2.75, 3.05) is 10.6 Å². The number of thioether (sulfide) groups is 1. The number of alkyl halides is 3. The van der Waals surface area contributed by atoms with Crippen LogP contribution < -0.4 is 10.6 Å². The molecular weight excluding hydrogens is 365 g/mol. The van der Waals surface area contributed by atoms with Gasteiger partial charge in [-0.25, -0.2) is 0 Å². The lowest BCUT2D eigenvalue weighted by atomic mass is 10.2. The number of halogens is 3. The predicted octanol–water partition coefficient (Wildman–Crippen LogP) is 4.90. The third kappa shape index (κ3) is 5.26. The maximum atomic E-state index is 12.3. The summed E-state index contributed by atoms with van der Waals surface area (Å²) in [7, 11) is 0. The van der Waals surface area contributed by atoms with Crippen LogP contribution in [0.2, 0.25) is 0 Å². The molecule has 8 heteroatoms. The lowest BCUT2D eigenvalue weighted by Crippen LogP contribution is -2.14. The Bertz CT molecular complexity index is 801. The van der Waals surface area contributed by atoms with Gasteiger partial charge >= 0.3 is 5.51 Å². The molecule has 0 radical (unpaired) electrons. The molecule has 1 saturated carbocycles. The Balaban J connectivity index is 1.57. The van der Waals surface area contributed by atoms with E-state index < -0.39 is 11.4 Å². The molecule has 0 aliphatic heterocycles. The zero-order valence-corrected chi connectivity index (χ0v) is 14.3. The third-order valence-corrected chi connectivity index (χ3v) is 4.45. The molecule has 136 valence electrons. The molecule has 0 spiro atoms. The number of benzene rings is 2. The third-order valence-electron chi connectivity index (χ3n) is 3.71. The quantitative estimate of drug-likeness (QED) is 0.726. The first kappa shape index (κ1) is 18.3. The predicted molar refractivity (Wildman–Crippen MR) is 94.1 cm³/mol. The van der Waals surface area contributed by atoms with Crippen LogP contribution in [0.1, 0.15) is 23.2 Å². The summed E-state index contributed by atoms with van der Waals surface area (Å²) >= 11 is -0.228. The van der Waals surface area contributed by atoms with E-state index in [9.17, 15) is 22.8 Å². The van der Waals surface area contributed by atoms with E-state index in [2.05, 4.69) is 10.6 Å². The minimum absolute atomic E-state index is 0.00129. The Morgan fingerprint density at radius 3 is 1.92 bits per heavy atom. The Labute approximate surface area is 152 Å². The normalized spacial score (nSPS) is 14.0. The molecule has 0 aromatic heterocycles. The number of carbonyl (C=O) groups excluding carboxylic acids is 2. The van der Waals surface area contributed by atoms with Crippen LogP contribution in [0.15, 0.2) is 53.4 Å². The van der Waals surface area contributed by atoms with E-state index in [0.29, 0.717) is 11.4 Å². The summed E-state index contributed by atoms with van der Waals surface area (Å²) < 4.78 is 36.9. The summed E-state index contributed by atoms with van der Waals surface area (Å²) in [4.78, 5) is 23.9. The van der Waals surface area contributed by atoms with Crippen molar-refractivity contribution in [2.24, 2.45) is 5.92 Å². The average Bonchev–Trinajstić information content (AvgIpc) is 3.41. The number of anilines is 2. The maximum Gasteiger partial charge on any atom is 0.446 e. The monoisotopic (exact) mass is 380 g/mol. The van der Waals surface area contributed by atoms with Crippen LogP contribution in [-0.4, -0.2) is 17.3 Å². The molecule has 2 N–H and O–H groups in total. The molecule has 0 unspecified atom stereocenters. The van der Waals surface area contributed by atoms with Crippen LogP contribution in [0.25, 0.3) is 0 Å². The minimum atomic E-state index is -4.36. The molecule has 0 heterocycles. The fourth-order valence-corrected chi connectivity index (χ4v) is 2.78. The van der Waals surface area contributed by atoms with Gasteiger partial charge in [0.25, 0.3) is 5.91 Å². The van der Waals surface area contributed by atoms with Gasteiger partial charge in [-0.2, -0.15) is 13.2 Å². The Kier molecular flexibility index (Phi) is 5.22. The molecule has 4 nitrogen and oxygen atoms in total. The van der Waals surface area contributed by atoms with Gasteiger partial charge in [-0.3, -0.25) is 9.59 Å². The number of hydrogen-bond acceptors (Lipinski definition) is 3. The van der Waals surface area contributed by atoms with Gasteiger partial charge < -0.3 is 10.6 Å². The second-order valence-corrected chi connectivity index (χ2v) is 7.01. The summed E-state index contributed by atoms with van der Waals surface area (Å²) in [6.07, 6.45) is 1.83. The number of amides is 2. The highest BCUT2D eigenvalue weighted by molar-refractivity contribution is 8.00. The first-order valence-corrected chi connectivity index (χ1v) is 8.70. The van der Waals surface area contributed by atoms with Crippen LogP contribution >= 0.6 is 11.8 Å². The van der Waals surface area contributed by atoms with Crippen LogP contribution in [0.4, 0.5) is 24.5 Å². The van der Waals surface area contributed by atoms with Crippen molar-refractivity contribution in [1.82, 2.24) is 0 Å². The van der Waals surface area contributed by atoms with Crippen molar-refractivity contribution >= 4 is 35.0 Å². The molecule has 3 rings (SSSR count). The van der Waals surface area contributed by atoms with Gasteiger partial charge in [0, 0.05) is 27.8 Å². The highest BCUT2D eigenvalue weighted by Crippen LogP contribution is 2.36. The van der Waals surface area contributed by atoms with Crippen LogP contribution in [0.3, 0.4) is 0 Å². The molecule has 1 fully saturated rings. The first-order chi connectivity index (χ1) is 12.3. The Morgan fingerprint density at radius 2 is 1.42 bits per heavy atom. The van der Waals surface area contributed by atoms with Gasteiger partial charge in [0.15, 0.2) is 0 Å². The second-order valence-electron chi connectivity index (χ2n) is 5.87. The van der Waals surface area contributed by atoms with Gasteiger partial charge in [0.2, 0.25) is 5.91 Å². The van der Waals surface area contributed by atoms with E-state index in [1.165, 1.54) is 24.3 Å². The summed E-state index contributed by atoms with van der Waals surface area (Å²) in [6.45, 7) is 0. The lowest BCUT2D eigenvalue weighted by Gasteiger charge is -2.09. The average molecular weight is 380 g/mol. The van der Waals surface area contributed by atoms with Crippen molar-refractivity contribution in [3.63, 3.8) is 0 Å². The molecule has 0 saturated heterocycles. The Morgan fingerprint density at radius 1 is 0.885 bits per heavy atom. The SMILES string of the molecule is O=C(Nc1ccc(NC(=O)C2CC2)cc1)c1ccc(SC(F)(F)F)cc1. The first-order valence-electron chi connectivity index (χ1n) is 7.88. The van der Waals surface area contributed by atoms with Gasteiger partial charge in [0.1, 0.15) is 0 Å². The van der Waals surface area contributed by atoms with Crippen LogP contribution in [-0.2, 0) is 4.79 Å². The molecule has 1 aliphatic carbocycles. The number of rotatable bonds is 5. The topological polar surface area (TPSA) is 58.2 Å². The van der Waals surface area contributed by atoms with Crippen molar-refractivity contribution in [2.45, 2.75) is 23.2 Å². The highest BCUT2D eigenvalue weighted by atomic mass is 32.2. The zero-order valence-electron chi connectivity index (χ0n) is 13.5. The fourth-order valence-electron chi connectivity index (χ4n) is 2.24. The number of carbonyl (C=O) groups is 2. The van der Waals surface area contributed by atoms with Gasteiger partial charge in [0.05, 0.1) is 0 Å². The second kappa shape index (κ2) is 7.41. The van der Waals surface area contributed by atoms with Gasteiger partial charge in [-0.05, 0) is 73.1 Å². The molecule has 2 aromatic carbocycles. The number of nitrogens with one attached hydrogen (secondary N) is 2. The minimum Gasteiger partial charge on any atom is -0.326 e. The van der Waals surface area contributed by atoms with Crippen molar-refractivity contribution in [3.8, 4) is 0 Å². The maximum absolute atomic E-state index is 12.3. The van der Waals surface area contributed by atoms with Crippen molar-refractivity contribution in [1.29, 1.82) is 0 Å².